The van der Waals surface area contributed by atoms with Gasteiger partial charge in [0.15, 0.2) is 26.3 Å². The van der Waals surface area contributed by atoms with E-state index in [0.717, 1.165) is 6.26 Å². The first kappa shape index (κ1) is 15.0. The van der Waals surface area contributed by atoms with E-state index in [1.54, 1.807) is 24.3 Å². The van der Waals surface area contributed by atoms with Crippen LogP contribution in [0.3, 0.4) is 0 Å². The zero-order valence-corrected chi connectivity index (χ0v) is 12.8. The van der Waals surface area contributed by atoms with Crippen LogP contribution in [0.25, 0.3) is 10.9 Å². The minimum atomic E-state index is -3.41. The minimum Gasteiger partial charge on any atom is -0.476 e. The minimum absolute atomic E-state index is 0.0432. The number of sulfone groups is 1. The summed E-state index contributed by atoms with van der Waals surface area (Å²) in [6.45, 7) is 0. The average Bonchev–Trinajstić information content (AvgIpc) is 2.86. The van der Waals surface area contributed by atoms with Crippen LogP contribution in [0.1, 0.15) is 10.5 Å². The normalized spacial score (nSPS) is 11.5. The number of carboxylic acids is 1. The molecule has 0 saturated heterocycles. The molecule has 1 N–H and O–H groups in total. The first-order valence-electron chi connectivity index (χ1n) is 6.54. The summed E-state index contributed by atoms with van der Waals surface area (Å²) in [7, 11) is -3.41. The third-order valence-corrected chi connectivity index (χ3v) is 4.17. The van der Waals surface area contributed by atoms with Gasteiger partial charge in [-0.15, -0.1) is 0 Å². The first-order chi connectivity index (χ1) is 10.9. The van der Waals surface area contributed by atoms with Crippen LogP contribution in [0.5, 0.6) is 5.75 Å². The second-order valence-corrected chi connectivity index (χ2v) is 6.85. The molecule has 0 aliphatic heterocycles. The lowest BCUT2D eigenvalue weighted by molar-refractivity contribution is 0.0659. The molecule has 3 aromatic rings. The number of pyridine rings is 1. The van der Waals surface area contributed by atoms with Gasteiger partial charge in [-0.2, -0.15) is 4.73 Å². The highest BCUT2D eigenvalue weighted by Crippen LogP contribution is 2.22. The van der Waals surface area contributed by atoms with Gasteiger partial charge in [-0.3, -0.25) is 0 Å². The lowest BCUT2D eigenvalue weighted by Gasteiger charge is -2.10. The second kappa shape index (κ2) is 5.40. The van der Waals surface area contributed by atoms with Crippen molar-refractivity contribution in [1.29, 1.82) is 0 Å². The molecule has 0 spiro atoms. The van der Waals surface area contributed by atoms with Crippen LogP contribution in [0, 0.1) is 0 Å². The summed E-state index contributed by atoms with van der Waals surface area (Å²) < 4.78 is 24.0. The highest BCUT2D eigenvalue weighted by molar-refractivity contribution is 7.90. The van der Waals surface area contributed by atoms with Crippen molar-refractivity contribution >= 4 is 26.7 Å². The Morgan fingerprint density at radius 2 is 1.96 bits per heavy atom. The summed E-state index contributed by atoms with van der Waals surface area (Å²) in [5, 5.41) is 9.93. The fourth-order valence-electron chi connectivity index (χ4n) is 2.12. The molecule has 0 unspecified atom stereocenters. The van der Waals surface area contributed by atoms with E-state index in [4.69, 9.17) is 4.84 Å². The maximum Gasteiger partial charge on any atom is 0.356 e. The van der Waals surface area contributed by atoms with Crippen LogP contribution < -0.4 is 4.84 Å². The summed E-state index contributed by atoms with van der Waals surface area (Å²) in [6, 6.07) is 11.3. The maximum atomic E-state index is 11.4. The molecule has 7 nitrogen and oxygen atoms in total. The standard InChI is InChI=1S/C15H12N2O5S/c1-23(20,21)14-7-6-11(9-16-14)22-17-12-5-3-2-4-10(12)8-13(17)15(18)19/h2-9H,1H3,(H,18,19). The lowest BCUT2D eigenvalue weighted by Crippen LogP contribution is -2.13. The van der Waals surface area contributed by atoms with Crippen molar-refractivity contribution in [2.45, 2.75) is 5.03 Å². The van der Waals surface area contributed by atoms with Gasteiger partial charge in [0.25, 0.3) is 0 Å². The molecule has 118 valence electrons. The molecule has 0 saturated carbocycles. The van der Waals surface area contributed by atoms with Gasteiger partial charge in [-0.05, 0) is 24.3 Å². The number of benzene rings is 1. The van der Waals surface area contributed by atoms with E-state index in [1.807, 2.05) is 0 Å². The predicted octanol–water partition coefficient (Wildman–Crippen LogP) is 1.98. The molecule has 0 aliphatic rings. The Morgan fingerprint density at radius 3 is 2.57 bits per heavy atom. The molecule has 1 aromatic carbocycles. The molecule has 2 aromatic heterocycles. The highest BCUT2D eigenvalue weighted by atomic mass is 32.2. The van der Waals surface area contributed by atoms with Crippen molar-refractivity contribution in [3.05, 3.63) is 54.4 Å². The number of hydrogen-bond acceptors (Lipinski definition) is 5. The Balaban J connectivity index is 2.04. The zero-order valence-electron chi connectivity index (χ0n) is 12.0. The largest absolute Gasteiger partial charge is 0.476 e. The van der Waals surface area contributed by atoms with E-state index in [1.165, 1.54) is 29.1 Å². The van der Waals surface area contributed by atoms with Gasteiger partial charge in [0.2, 0.25) is 0 Å². The Morgan fingerprint density at radius 1 is 1.22 bits per heavy atom. The van der Waals surface area contributed by atoms with Crippen LogP contribution in [-0.4, -0.2) is 35.5 Å². The summed E-state index contributed by atoms with van der Waals surface area (Å²) in [4.78, 5) is 20.8. The number of rotatable bonds is 4. The van der Waals surface area contributed by atoms with E-state index in [9.17, 15) is 18.3 Å². The van der Waals surface area contributed by atoms with Gasteiger partial charge in [0.05, 0.1) is 11.7 Å². The van der Waals surface area contributed by atoms with Crippen molar-refractivity contribution in [2.75, 3.05) is 6.26 Å². The van der Waals surface area contributed by atoms with Crippen LogP contribution in [0.2, 0.25) is 0 Å². The number of nitrogens with zero attached hydrogens (tertiary/aromatic N) is 2. The van der Waals surface area contributed by atoms with Crippen molar-refractivity contribution < 1.29 is 23.2 Å². The van der Waals surface area contributed by atoms with Crippen molar-refractivity contribution in [3.63, 3.8) is 0 Å². The molecule has 2 heterocycles. The van der Waals surface area contributed by atoms with Crippen molar-refractivity contribution in [3.8, 4) is 5.75 Å². The van der Waals surface area contributed by atoms with Crippen LogP contribution >= 0.6 is 0 Å². The molecule has 0 amide bonds. The maximum absolute atomic E-state index is 11.4. The summed E-state index contributed by atoms with van der Waals surface area (Å²) in [5.74, 6) is -0.914. The number of carbonyl (C=O) groups is 1. The number of para-hydroxylation sites is 1. The summed E-state index contributed by atoms with van der Waals surface area (Å²) in [5.41, 5.74) is 0.537. The monoisotopic (exact) mass is 332 g/mol. The molecule has 23 heavy (non-hydrogen) atoms. The van der Waals surface area contributed by atoms with E-state index >= 15 is 0 Å². The SMILES string of the molecule is CS(=O)(=O)c1ccc(On2c(C(=O)O)cc3ccccc32)cn1. The Hall–Kier alpha value is -2.87. The highest BCUT2D eigenvalue weighted by Gasteiger charge is 2.17. The molecule has 0 fully saturated rings. The van der Waals surface area contributed by atoms with Gasteiger partial charge in [0.1, 0.15) is 0 Å². The van der Waals surface area contributed by atoms with E-state index in [-0.39, 0.29) is 16.5 Å². The van der Waals surface area contributed by atoms with E-state index in [2.05, 4.69) is 4.98 Å². The molecule has 0 bridgehead atoms. The molecule has 8 heteroatoms. The third kappa shape index (κ3) is 2.88. The molecule has 0 radical (unpaired) electrons. The van der Waals surface area contributed by atoms with E-state index in [0.29, 0.717) is 10.9 Å². The molecule has 3 rings (SSSR count). The third-order valence-electron chi connectivity index (χ3n) is 3.17. The number of carboxylic acid groups (broad SMARTS) is 1. The molecule has 0 aliphatic carbocycles. The van der Waals surface area contributed by atoms with Gasteiger partial charge in [0, 0.05) is 11.6 Å². The van der Waals surface area contributed by atoms with Gasteiger partial charge >= 0.3 is 5.97 Å². The smallest absolute Gasteiger partial charge is 0.356 e. The number of hydrogen-bond donors (Lipinski definition) is 1. The average molecular weight is 332 g/mol. The summed E-state index contributed by atoms with van der Waals surface area (Å²) in [6.07, 6.45) is 2.29. The quantitative estimate of drug-likeness (QED) is 0.784. The van der Waals surface area contributed by atoms with E-state index < -0.39 is 15.8 Å². The number of fused-ring (bicyclic) bond motifs is 1. The fourth-order valence-corrected chi connectivity index (χ4v) is 2.68. The van der Waals surface area contributed by atoms with Crippen molar-refractivity contribution in [2.24, 2.45) is 0 Å². The number of aromatic carboxylic acids is 1. The Kier molecular flexibility index (Phi) is 3.53. The van der Waals surface area contributed by atoms with Crippen LogP contribution in [-0.2, 0) is 9.84 Å². The molecular weight excluding hydrogens is 320 g/mol. The van der Waals surface area contributed by atoms with Crippen molar-refractivity contribution in [1.82, 2.24) is 9.71 Å². The second-order valence-electron chi connectivity index (χ2n) is 4.88. The summed E-state index contributed by atoms with van der Waals surface area (Å²) >= 11 is 0. The Bertz CT molecular complexity index is 990. The van der Waals surface area contributed by atoms with Gasteiger partial charge in [-0.1, -0.05) is 18.2 Å². The topological polar surface area (TPSA) is 98.5 Å². The predicted molar refractivity (Wildman–Crippen MR) is 82.3 cm³/mol. The zero-order chi connectivity index (χ0) is 16.6. The van der Waals surface area contributed by atoms with Crippen LogP contribution in [0.4, 0.5) is 0 Å². The number of aromatic nitrogens is 2. The van der Waals surface area contributed by atoms with Crippen LogP contribution in [0.15, 0.2) is 53.7 Å². The fraction of sp³-hybridized carbons (Fsp3) is 0.0667. The molecular formula is C15H12N2O5S. The van der Waals surface area contributed by atoms with Gasteiger partial charge in [-0.25, -0.2) is 18.2 Å². The Labute approximate surface area is 131 Å². The molecule has 0 atom stereocenters. The van der Waals surface area contributed by atoms with Gasteiger partial charge < -0.3 is 9.94 Å². The first-order valence-corrected chi connectivity index (χ1v) is 8.43. The lowest BCUT2D eigenvalue weighted by atomic mass is 10.2.